The lowest BCUT2D eigenvalue weighted by Crippen LogP contribution is -2.54. The molecule has 0 aliphatic heterocycles. The molecule has 0 fully saturated rings. The molecule has 1 aromatic carbocycles. The third-order valence-electron chi connectivity index (χ3n) is 3.49. The molecule has 1 rings (SSSR count). The first-order valence-corrected chi connectivity index (χ1v) is 10.9. The second-order valence-corrected chi connectivity index (χ2v) is 7.49. The van der Waals surface area contributed by atoms with Gasteiger partial charge in [0.25, 0.3) is 5.54 Å². The number of aryl methyl sites for hydroxylation is 1. The Kier molecular flexibility index (Phi) is 9.90. The fourth-order valence-electron chi connectivity index (χ4n) is 2.33. The fraction of sp³-hybridized carbons (Fsp3) is 0.500. The highest BCUT2D eigenvalue weighted by Gasteiger charge is 2.49. The second kappa shape index (κ2) is 11.6. The van der Waals surface area contributed by atoms with Gasteiger partial charge in [0.15, 0.2) is 0 Å². The van der Waals surface area contributed by atoms with Gasteiger partial charge < -0.3 is 14.8 Å². The van der Waals surface area contributed by atoms with E-state index in [1.165, 1.54) is 0 Å². The minimum atomic E-state index is -3.86. The molecule has 0 bridgehead atoms. The molecule has 0 saturated heterocycles. The summed E-state index contributed by atoms with van der Waals surface area (Å²) < 4.78 is 33.2. The third kappa shape index (κ3) is 6.90. The van der Waals surface area contributed by atoms with Gasteiger partial charge in [-0.05, 0) is 58.2 Å². The Labute approximate surface area is 171 Å². The molecular formula is C20H28NO7P. The van der Waals surface area contributed by atoms with E-state index in [2.05, 4.69) is 16.9 Å². The van der Waals surface area contributed by atoms with E-state index in [1.807, 2.05) is 13.0 Å². The maximum absolute atomic E-state index is 12.8. The molecule has 0 heterocycles. The molecule has 1 N–H and O–H groups in total. The molecule has 1 aromatic rings. The van der Waals surface area contributed by atoms with E-state index in [1.54, 1.807) is 45.9 Å². The number of anilines is 1. The van der Waals surface area contributed by atoms with Crippen molar-refractivity contribution in [3.63, 3.8) is 0 Å². The van der Waals surface area contributed by atoms with Crippen LogP contribution in [0.4, 0.5) is 5.69 Å². The van der Waals surface area contributed by atoms with E-state index in [9.17, 15) is 14.2 Å². The summed E-state index contributed by atoms with van der Waals surface area (Å²) in [5.74, 6) is 0.498. The summed E-state index contributed by atoms with van der Waals surface area (Å²) in [4.78, 5) is 25.7. The zero-order valence-corrected chi connectivity index (χ0v) is 18.3. The summed E-state index contributed by atoms with van der Waals surface area (Å²) in [6.45, 7) is 8.46. The van der Waals surface area contributed by atoms with Crippen LogP contribution in [0.5, 0.6) is 0 Å². The average molecular weight is 425 g/mol. The van der Waals surface area contributed by atoms with E-state index in [4.69, 9.17) is 18.5 Å². The molecule has 29 heavy (non-hydrogen) atoms. The molecule has 0 aliphatic rings. The van der Waals surface area contributed by atoms with Crippen LogP contribution < -0.4 is 5.32 Å². The van der Waals surface area contributed by atoms with Crippen LogP contribution in [0.25, 0.3) is 0 Å². The number of benzene rings is 1. The molecule has 0 radical (unpaired) electrons. The number of esters is 2. The Morgan fingerprint density at radius 2 is 1.55 bits per heavy atom. The van der Waals surface area contributed by atoms with Crippen LogP contribution in [0, 0.1) is 18.5 Å². The lowest BCUT2D eigenvalue weighted by Gasteiger charge is -2.26. The van der Waals surface area contributed by atoms with Crippen LogP contribution in [0.2, 0.25) is 0 Å². The van der Waals surface area contributed by atoms with Crippen LogP contribution in [0.3, 0.4) is 0 Å². The molecule has 0 amide bonds. The lowest BCUT2D eigenvalue weighted by molar-refractivity contribution is -0.159. The first-order valence-electron chi connectivity index (χ1n) is 9.39. The standard InChI is InChI=1S/C20H28NO7P/c1-6-25-18(22)20(19(23)26-7-2,21-17-12-10-11-16(5)15-17)13-14-29(24,27-8-3)28-9-4/h10-12,15,21H,6-9H2,1-5H3. The quantitative estimate of drug-likeness (QED) is 0.263. The molecule has 0 saturated carbocycles. The van der Waals surface area contributed by atoms with Crippen molar-refractivity contribution in [1.82, 2.24) is 0 Å². The van der Waals surface area contributed by atoms with Gasteiger partial charge in [-0.2, -0.15) is 0 Å². The van der Waals surface area contributed by atoms with Crippen molar-refractivity contribution in [2.45, 2.75) is 40.2 Å². The van der Waals surface area contributed by atoms with E-state index >= 15 is 0 Å². The number of hydrogen-bond donors (Lipinski definition) is 1. The minimum absolute atomic E-state index is 0.00570. The summed E-state index contributed by atoms with van der Waals surface area (Å²) >= 11 is 0. The predicted octanol–water partition coefficient (Wildman–Crippen LogP) is 3.50. The second-order valence-electron chi connectivity index (χ2n) is 5.76. The first-order chi connectivity index (χ1) is 13.8. The van der Waals surface area contributed by atoms with Gasteiger partial charge in [0, 0.05) is 11.3 Å². The van der Waals surface area contributed by atoms with E-state index in [0.717, 1.165) is 5.56 Å². The third-order valence-corrected chi connectivity index (χ3v) is 5.07. The zero-order chi connectivity index (χ0) is 21.9. The maximum Gasteiger partial charge on any atom is 0.405 e. The molecule has 9 heteroatoms. The van der Waals surface area contributed by atoms with Crippen LogP contribution in [0.15, 0.2) is 24.3 Å². The van der Waals surface area contributed by atoms with Crippen molar-refractivity contribution < 1.29 is 32.7 Å². The normalized spacial score (nSPS) is 11.2. The summed E-state index contributed by atoms with van der Waals surface area (Å²) in [5.41, 5.74) is 1.42. The Bertz CT molecular complexity index is 785. The highest BCUT2D eigenvalue weighted by atomic mass is 31.2. The predicted molar refractivity (Wildman–Crippen MR) is 109 cm³/mol. The number of nitrogens with one attached hydrogen (secondary N) is 1. The molecule has 8 nitrogen and oxygen atoms in total. The Morgan fingerprint density at radius 1 is 1.00 bits per heavy atom. The first kappa shape index (κ1) is 24.7. The summed E-state index contributed by atoms with van der Waals surface area (Å²) in [5, 5.41) is 2.80. The zero-order valence-electron chi connectivity index (χ0n) is 17.4. The van der Waals surface area contributed by atoms with Crippen molar-refractivity contribution >= 4 is 25.2 Å². The topological polar surface area (TPSA) is 100 Å². The molecule has 0 spiro atoms. The van der Waals surface area contributed by atoms with Gasteiger partial charge in [-0.25, -0.2) is 14.2 Å². The lowest BCUT2D eigenvalue weighted by atomic mass is 10.00. The Balaban J connectivity index is 3.59. The monoisotopic (exact) mass is 425 g/mol. The number of rotatable bonds is 10. The number of carbonyl (C=O) groups is 2. The minimum Gasteiger partial charge on any atom is -0.463 e. The molecule has 0 aromatic heterocycles. The van der Waals surface area contributed by atoms with Crippen molar-refractivity contribution in [2.75, 3.05) is 31.7 Å². The fourth-order valence-corrected chi connectivity index (χ4v) is 3.52. The molecular weight excluding hydrogens is 397 g/mol. The van der Waals surface area contributed by atoms with Crippen molar-refractivity contribution in [3.8, 4) is 11.6 Å². The van der Waals surface area contributed by atoms with Crippen molar-refractivity contribution in [3.05, 3.63) is 29.8 Å². The summed E-state index contributed by atoms with van der Waals surface area (Å²) in [6, 6.07) is 6.98. The van der Waals surface area contributed by atoms with Crippen LogP contribution in [0.1, 0.15) is 33.3 Å². The van der Waals surface area contributed by atoms with Gasteiger partial charge in [-0.3, -0.25) is 9.05 Å². The smallest absolute Gasteiger partial charge is 0.405 e. The Morgan fingerprint density at radius 3 is 2.00 bits per heavy atom. The molecule has 0 atom stereocenters. The maximum atomic E-state index is 12.8. The van der Waals surface area contributed by atoms with Crippen LogP contribution in [-0.4, -0.2) is 43.9 Å². The summed E-state index contributed by atoms with van der Waals surface area (Å²) in [6.07, 6.45) is 0. The van der Waals surface area contributed by atoms with Gasteiger partial charge in [-0.1, -0.05) is 12.1 Å². The van der Waals surface area contributed by atoms with Crippen LogP contribution >= 0.6 is 7.60 Å². The van der Waals surface area contributed by atoms with Crippen LogP contribution in [-0.2, 0) is 32.7 Å². The molecule has 160 valence electrons. The van der Waals surface area contributed by atoms with E-state index in [-0.39, 0.29) is 26.4 Å². The van der Waals surface area contributed by atoms with Crippen molar-refractivity contribution in [2.24, 2.45) is 0 Å². The highest BCUT2D eigenvalue weighted by molar-refractivity contribution is 7.59. The number of carbonyl (C=O) groups excluding carboxylic acids is 2. The van der Waals surface area contributed by atoms with Gasteiger partial charge >= 0.3 is 19.5 Å². The van der Waals surface area contributed by atoms with Gasteiger partial charge in [-0.15, -0.1) is 0 Å². The number of ether oxygens (including phenoxy) is 2. The van der Waals surface area contributed by atoms with Gasteiger partial charge in [0.2, 0.25) is 0 Å². The SMILES string of the molecule is CCOC(=O)C(C#CP(=O)(OCC)OCC)(Nc1cccc(C)c1)C(=O)OCC. The van der Waals surface area contributed by atoms with E-state index in [0.29, 0.717) is 5.69 Å². The molecule has 0 aliphatic carbocycles. The highest BCUT2D eigenvalue weighted by Crippen LogP contribution is 2.47. The summed E-state index contributed by atoms with van der Waals surface area (Å²) in [7, 11) is -3.86. The van der Waals surface area contributed by atoms with Gasteiger partial charge in [0.05, 0.1) is 26.4 Å². The molecule has 0 unspecified atom stereocenters. The number of hydrogen-bond acceptors (Lipinski definition) is 8. The van der Waals surface area contributed by atoms with Gasteiger partial charge in [0.1, 0.15) is 0 Å². The van der Waals surface area contributed by atoms with Crippen molar-refractivity contribution in [1.29, 1.82) is 0 Å². The largest absolute Gasteiger partial charge is 0.463 e. The van der Waals surface area contributed by atoms with E-state index < -0.39 is 25.1 Å². The Hall–Kier alpha value is -2.33. The average Bonchev–Trinajstić information content (AvgIpc) is 2.66.